The van der Waals surface area contributed by atoms with Crippen molar-refractivity contribution in [1.29, 1.82) is 0 Å². The summed E-state index contributed by atoms with van der Waals surface area (Å²) in [5, 5.41) is 9.15. The number of hydrogen-bond acceptors (Lipinski definition) is 5. The summed E-state index contributed by atoms with van der Waals surface area (Å²) in [6.07, 6.45) is 5.12. The Morgan fingerprint density at radius 1 is 1.38 bits per heavy atom. The molecule has 0 aliphatic heterocycles. The lowest BCUT2D eigenvalue weighted by molar-refractivity contribution is 0.0692. The SMILES string of the molecule is C#CC(C)NS(=O)(=O)c1cc(OC)c(OC)c(C(=O)O)c1. The average Bonchev–Trinajstić information content (AvgIpc) is 2.44. The molecule has 0 aliphatic carbocycles. The van der Waals surface area contributed by atoms with E-state index in [2.05, 4.69) is 10.6 Å². The van der Waals surface area contributed by atoms with Crippen LogP contribution in [-0.2, 0) is 10.0 Å². The molecule has 114 valence electrons. The van der Waals surface area contributed by atoms with Crippen molar-refractivity contribution < 1.29 is 27.8 Å². The van der Waals surface area contributed by atoms with Crippen LogP contribution in [0.2, 0.25) is 0 Å². The molecule has 0 amide bonds. The number of rotatable bonds is 6. The van der Waals surface area contributed by atoms with Gasteiger partial charge in [0.1, 0.15) is 5.56 Å². The van der Waals surface area contributed by atoms with E-state index in [1.807, 2.05) is 0 Å². The molecular weight excluding hydrogens is 298 g/mol. The second kappa shape index (κ2) is 6.47. The van der Waals surface area contributed by atoms with Gasteiger partial charge in [-0.3, -0.25) is 0 Å². The highest BCUT2D eigenvalue weighted by Crippen LogP contribution is 2.34. The lowest BCUT2D eigenvalue weighted by atomic mass is 10.2. The van der Waals surface area contributed by atoms with Crippen LogP contribution in [0.1, 0.15) is 17.3 Å². The monoisotopic (exact) mass is 313 g/mol. The Morgan fingerprint density at radius 2 is 2.00 bits per heavy atom. The third-order valence-corrected chi connectivity index (χ3v) is 4.10. The molecule has 8 heteroatoms. The Labute approximate surface area is 122 Å². The Balaban J connectivity index is 3.49. The predicted molar refractivity (Wildman–Crippen MR) is 75.1 cm³/mol. The Hall–Kier alpha value is -2.24. The smallest absolute Gasteiger partial charge is 0.339 e. The molecule has 0 aromatic heterocycles. The summed E-state index contributed by atoms with van der Waals surface area (Å²) in [7, 11) is -1.44. The number of methoxy groups -OCH3 is 2. The molecule has 0 heterocycles. The summed E-state index contributed by atoms with van der Waals surface area (Å²) in [6.45, 7) is 1.48. The summed E-state index contributed by atoms with van der Waals surface area (Å²) >= 11 is 0. The van der Waals surface area contributed by atoms with E-state index in [9.17, 15) is 13.2 Å². The van der Waals surface area contributed by atoms with Crippen molar-refractivity contribution in [1.82, 2.24) is 4.72 Å². The number of sulfonamides is 1. The van der Waals surface area contributed by atoms with Gasteiger partial charge < -0.3 is 14.6 Å². The predicted octanol–water partition coefficient (Wildman–Crippen LogP) is 0.702. The van der Waals surface area contributed by atoms with E-state index in [1.54, 1.807) is 0 Å². The Kier molecular flexibility index (Phi) is 5.18. The van der Waals surface area contributed by atoms with Crippen molar-refractivity contribution in [2.75, 3.05) is 14.2 Å². The molecule has 1 atom stereocenters. The van der Waals surface area contributed by atoms with E-state index in [0.29, 0.717) is 0 Å². The molecule has 2 N–H and O–H groups in total. The van der Waals surface area contributed by atoms with Gasteiger partial charge in [-0.1, -0.05) is 5.92 Å². The molecule has 0 saturated heterocycles. The molecule has 0 aliphatic rings. The minimum atomic E-state index is -3.98. The van der Waals surface area contributed by atoms with E-state index in [1.165, 1.54) is 21.1 Å². The Bertz CT molecular complexity index is 689. The maximum atomic E-state index is 12.1. The number of carboxylic acid groups (broad SMARTS) is 1. The highest BCUT2D eigenvalue weighted by atomic mass is 32.2. The first-order chi connectivity index (χ1) is 9.76. The van der Waals surface area contributed by atoms with Gasteiger partial charge in [0.15, 0.2) is 11.5 Å². The number of nitrogens with one attached hydrogen (secondary N) is 1. The summed E-state index contributed by atoms with van der Waals surface area (Å²) in [5.74, 6) is 0.807. The van der Waals surface area contributed by atoms with Gasteiger partial charge >= 0.3 is 5.97 Å². The second-order valence-corrected chi connectivity index (χ2v) is 5.74. The van der Waals surface area contributed by atoms with Crippen molar-refractivity contribution in [3.63, 3.8) is 0 Å². The van der Waals surface area contributed by atoms with E-state index in [4.69, 9.17) is 21.0 Å². The number of hydrogen-bond donors (Lipinski definition) is 2. The van der Waals surface area contributed by atoms with E-state index < -0.39 is 22.0 Å². The van der Waals surface area contributed by atoms with Crippen LogP contribution >= 0.6 is 0 Å². The van der Waals surface area contributed by atoms with Crippen molar-refractivity contribution in [3.05, 3.63) is 17.7 Å². The first-order valence-corrected chi connectivity index (χ1v) is 7.23. The van der Waals surface area contributed by atoms with E-state index in [-0.39, 0.29) is 22.0 Å². The fraction of sp³-hybridized carbons (Fsp3) is 0.308. The average molecular weight is 313 g/mol. The van der Waals surface area contributed by atoms with Crippen LogP contribution in [0.4, 0.5) is 0 Å². The number of carbonyl (C=O) groups is 1. The van der Waals surface area contributed by atoms with Gasteiger partial charge in [-0.25, -0.2) is 13.2 Å². The molecule has 1 unspecified atom stereocenters. The highest BCUT2D eigenvalue weighted by molar-refractivity contribution is 7.89. The maximum Gasteiger partial charge on any atom is 0.339 e. The first-order valence-electron chi connectivity index (χ1n) is 5.74. The van der Waals surface area contributed by atoms with Crippen LogP contribution in [0.5, 0.6) is 11.5 Å². The highest BCUT2D eigenvalue weighted by Gasteiger charge is 2.24. The number of benzene rings is 1. The van der Waals surface area contributed by atoms with Gasteiger partial charge in [0.2, 0.25) is 10.0 Å². The normalized spacial score (nSPS) is 12.3. The third-order valence-electron chi connectivity index (χ3n) is 2.58. The van der Waals surface area contributed by atoms with Gasteiger partial charge in [0.05, 0.1) is 25.2 Å². The summed E-state index contributed by atoms with van der Waals surface area (Å²) in [5.41, 5.74) is -0.328. The van der Waals surface area contributed by atoms with Crippen LogP contribution in [0.3, 0.4) is 0 Å². The maximum absolute atomic E-state index is 12.1. The molecule has 1 rings (SSSR count). The van der Waals surface area contributed by atoms with Gasteiger partial charge in [0, 0.05) is 6.07 Å². The number of carboxylic acids is 1. The standard InChI is InChI=1S/C13H15NO6S/c1-5-8(2)14-21(17,18)9-6-10(13(15)16)12(20-4)11(7-9)19-3/h1,6-8,14H,2-4H3,(H,15,16). The molecular formula is C13H15NO6S. The zero-order valence-electron chi connectivity index (χ0n) is 11.7. The fourth-order valence-electron chi connectivity index (χ4n) is 1.59. The largest absolute Gasteiger partial charge is 0.493 e. The van der Waals surface area contributed by atoms with Crippen LogP contribution in [0, 0.1) is 12.3 Å². The van der Waals surface area contributed by atoms with Crippen LogP contribution in [0.15, 0.2) is 17.0 Å². The summed E-state index contributed by atoms with van der Waals surface area (Å²) in [4.78, 5) is 10.9. The summed E-state index contributed by atoms with van der Waals surface area (Å²) in [6, 6.07) is 1.41. The zero-order chi connectivity index (χ0) is 16.2. The topological polar surface area (TPSA) is 102 Å². The van der Waals surface area contributed by atoms with Crippen molar-refractivity contribution in [3.8, 4) is 23.8 Å². The second-order valence-electron chi connectivity index (χ2n) is 4.02. The van der Waals surface area contributed by atoms with Gasteiger partial charge in [-0.15, -0.1) is 6.42 Å². The number of terminal acetylenes is 1. The molecule has 0 spiro atoms. The first kappa shape index (κ1) is 16.8. The van der Waals surface area contributed by atoms with Crippen molar-refractivity contribution >= 4 is 16.0 Å². The lowest BCUT2D eigenvalue weighted by Crippen LogP contribution is -2.31. The molecule has 0 radical (unpaired) electrons. The molecule has 7 nitrogen and oxygen atoms in total. The summed E-state index contributed by atoms with van der Waals surface area (Å²) < 4.78 is 36.4. The molecule has 1 aromatic rings. The number of ether oxygens (including phenoxy) is 2. The number of aromatic carboxylic acids is 1. The van der Waals surface area contributed by atoms with Crippen molar-refractivity contribution in [2.45, 2.75) is 17.9 Å². The van der Waals surface area contributed by atoms with Crippen LogP contribution in [0.25, 0.3) is 0 Å². The van der Waals surface area contributed by atoms with E-state index >= 15 is 0 Å². The van der Waals surface area contributed by atoms with E-state index in [0.717, 1.165) is 12.1 Å². The lowest BCUT2D eigenvalue weighted by Gasteiger charge is -2.14. The Morgan fingerprint density at radius 3 is 2.43 bits per heavy atom. The molecule has 0 fully saturated rings. The minimum Gasteiger partial charge on any atom is -0.493 e. The molecule has 0 bridgehead atoms. The minimum absolute atomic E-state index is 0.00821. The van der Waals surface area contributed by atoms with Gasteiger partial charge in [-0.2, -0.15) is 4.72 Å². The molecule has 0 saturated carbocycles. The molecule has 21 heavy (non-hydrogen) atoms. The van der Waals surface area contributed by atoms with Crippen LogP contribution < -0.4 is 14.2 Å². The fourth-order valence-corrected chi connectivity index (χ4v) is 2.79. The van der Waals surface area contributed by atoms with Crippen molar-refractivity contribution in [2.24, 2.45) is 0 Å². The zero-order valence-corrected chi connectivity index (χ0v) is 12.5. The van der Waals surface area contributed by atoms with Crippen LogP contribution in [-0.4, -0.2) is 39.8 Å². The third kappa shape index (κ3) is 3.65. The van der Waals surface area contributed by atoms with Gasteiger partial charge in [-0.05, 0) is 13.0 Å². The van der Waals surface area contributed by atoms with Gasteiger partial charge in [0.25, 0.3) is 0 Å². The quantitative estimate of drug-likeness (QED) is 0.750. The molecule has 1 aromatic carbocycles.